The molecule has 0 aliphatic carbocycles. The topological polar surface area (TPSA) is 62.2 Å². The number of hydrogen-bond acceptors (Lipinski definition) is 5. The van der Waals surface area contributed by atoms with Crippen LogP contribution in [0.2, 0.25) is 0 Å². The standard InChI is InChI=1S/C10H15NO4/c1-8-3-9(2)5-10(4-8)11(14-6-12)15-7-13/h3-5,12-13H,6-7H2,1-2H3. The Kier molecular flexibility index (Phi) is 4.51. The summed E-state index contributed by atoms with van der Waals surface area (Å²) in [7, 11) is 0. The van der Waals surface area contributed by atoms with Gasteiger partial charge in [-0.05, 0) is 37.1 Å². The molecule has 0 bridgehead atoms. The third-order valence-electron chi connectivity index (χ3n) is 1.77. The summed E-state index contributed by atoms with van der Waals surface area (Å²) in [6, 6.07) is 5.64. The van der Waals surface area contributed by atoms with E-state index in [1.807, 2.05) is 32.0 Å². The van der Waals surface area contributed by atoms with Gasteiger partial charge in [-0.25, -0.2) is 9.68 Å². The zero-order valence-corrected chi connectivity index (χ0v) is 8.80. The van der Waals surface area contributed by atoms with Crippen molar-refractivity contribution >= 4 is 5.69 Å². The Morgan fingerprint density at radius 3 is 1.87 bits per heavy atom. The largest absolute Gasteiger partial charge is 0.368 e. The van der Waals surface area contributed by atoms with Crippen molar-refractivity contribution in [2.24, 2.45) is 0 Å². The molecule has 0 radical (unpaired) electrons. The Labute approximate surface area is 88.4 Å². The molecule has 0 aliphatic heterocycles. The minimum Gasteiger partial charge on any atom is -0.368 e. The van der Waals surface area contributed by atoms with Crippen LogP contribution in [0.5, 0.6) is 0 Å². The molecule has 1 aromatic rings. The number of rotatable bonds is 5. The average Bonchev–Trinajstić information content (AvgIpc) is 2.16. The lowest BCUT2D eigenvalue weighted by Gasteiger charge is -2.20. The first-order valence-electron chi connectivity index (χ1n) is 4.53. The maximum Gasteiger partial charge on any atom is 0.173 e. The predicted octanol–water partition coefficient (Wildman–Crippen LogP) is 0.873. The molecule has 0 saturated heterocycles. The first kappa shape index (κ1) is 11.9. The molecule has 0 amide bonds. The molecule has 5 nitrogen and oxygen atoms in total. The predicted molar refractivity (Wildman–Crippen MR) is 54.7 cm³/mol. The first-order chi connectivity index (χ1) is 7.17. The van der Waals surface area contributed by atoms with Gasteiger partial charge >= 0.3 is 0 Å². The van der Waals surface area contributed by atoms with Crippen LogP contribution in [0.1, 0.15) is 11.1 Å². The molecule has 0 spiro atoms. The van der Waals surface area contributed by atoms with Crippen LogP contribution >= 0.6 is 0 Å². The van der Waals surface area contributed by atoms with Gasteiger partial charge in [0.2, 0.25) is 0 Å². The second-order valence-electron chi connectivity index (χ2n) is 3.12. The lowest BCUT2D eigenvalue weighted by Crippen LogP contribution is -2.25. The van der Waals surface area contributed by atoms with E-state index in [1.165, 1.54) is 0 Å². The van der Waals surface area contributed by atoms with Crippen molar-refractivity contribution in [1.29, 1.82) is 0 Å². The van der Waals surface area contributed by atoms with E-state index >= 15 is 0 Å². The highest BCUT2D eigenvalue weighted by molar-refractivity contribution is 5.47. The van der Waals surface area contributed by atoms with Gasteiger partial charge in [0.25, 0.3) is 0 Å². The molecule has 0 aromatic heterocycles. The molecule has 0 unspecified atom stereocenters. The molecule has 0 fully saturated rings. The second kappa shape index (κ2) is 5.67. The van der Waals surface area contributed by atoms with Gasteiger partial charge in [-0.15, -0.1) is 5.23 Å². The summed E-state index contributed by atoms with van der Waals surface area (Å²) in [5.74, 6) is 0. The van der Waals surface area contributed by atoms with Gasteiger partial charge in [-0.2, -0.15) is 0 Å². The molecule has 5 heteroatoms. The lowest BCUT2D eigenvalue weighted by atomic mass is 10.1. The van der Waals surface area contributed by atoms with E-state index in [0.717, 1.165) is 16.4 Å². The summed E-state index contributed by atoms with van der Waals surface area (Å²) in [4.78, 5) is 9.57. The van der Waals surface area contributed by atoms with Crippen molar-refractivity contribution in [3.8, 4) is 0 Å². The van der Waals surface area contributed by atoms with E-state index in [2.05, 4.69) is 0 Å². The summed E-state index contributed by atoms with van der Waals surface area (Å²) in [5.41, 5.74) is 2.70. The number of aryl methyl sites for hydroxylation is 2. The highest BCUT2D eigenvalue weighted by atomic mass is 17.0. The molecular weight excluding hydrogens is 198 g/mol. The molecular formula is C10H15NO4. The zero-order chi connectivity index (χ0) is 11.3. The SMILES string of the molecule is Cc1cc(C)cc(N(OCO)OCO)c1. The lowest BCUT2D eigenvalue weighted by molar-refractivity contribution is -0.169. The van der Waals surface area contributed by atoms with Crippen molar-refractivity contribution in [3.05, 3.63) is 29.3 Å². The summed E-state index contributed by atoms with van der Waals surface area (Å²) in [6.07, 6.45) is 0. The summed E-state index contributed by atoms with van der Waals surface area (Å²) < 4.78 is 0. The van der Waals surface area contributed by atoms with Gasteiger partial charge in [0, 0.05) is 0 Å². The van der Waals surface area contributed by atoms with E-state index in [4.69, 9.17) is 19.9 Å². The van der Waals surface area contributed by atoms with Crippen LogP contribution in [-0.2, 0) is 9.68 Å². The van der Waals surface area contributed by atoms with Crippen molar-refractivity contribution in [3.63, 3.8) is 0 Å². The fourth-order valence-electron chi connectivity index (χ4n) is 1.35. The molecule has 2 N–H and O–H groups in total. The number of aliphatic hydroxyl groups excluding tert-OH is 2. The van der Waals surface area contributed by atoms with Crippen molar-refractivity contribution in [2.45, 2.75) is 13.8 Å². The van der Waals surface area contributed by atoms with Gasteiger partial charge in [0.05, 0.1) is 5.69 Å². The van der Waals surface area contributed by atoms with Gasteiger partial charge in [-0.3, -0.25) is 0 Å². The van der Waals surface area contributed by atoms with Gasteiger partial charge in [0.1, 0.15) is 0 Å². The highest BCUT2D eigenvalue weighted by Crippen LogP contribution is 2.19. The molecule has 0 atom stereocenters. The van der Waals surface area contributed by atoms with Crippen LogP contribution in [-0.4, -0.2) is 23.8 Å². The Bertz CT molecular complexity index is 290. The van der Waals surface area contributed by atoms with E-state index in [1.54, 1.807) is 0 Å². The quantitative estimate of drug-likeness (QED) is 0.561. The monoisotopic (exact) mass is 213 g/mol. The molecule has 0 saturated carbocycles. The fraction of sp³-hybridized carbons (Fsp3) is 0.400. The summed E-state index contributed by atoms with van der Waals surface area (Å²) >= 11 is 0. The molecule has 15 heavy (non-hydrogen) atoms. The minimum absolute atomic E-state index is 0.521. The van der Waals surface area contributed by atoms with E-state index in [-0.39, 0.29) is 0 Å². The smallest absolute Gasteiger partial charge is 0.173 e. The summed E-state index contributed by atoms with van der Waals surface area (Å²) in [5, 5.41) is 18.3. The Morgan fingerprint density at radius 1 is 1.00 bits per heavy atom. The van der Waals surface area contributed by atoms with Crippen molar-refractivity contribution in [1.82, 2.24) is 0 Å². The van der Waals surface area contributed by atoms with Crippen LogP contribution in [0.3, 0.4) is 0 Å². The van der Waals surface area contributed by atoms with Crippen LogP contribution in [0.4, 0.5) is 5.69 Å². The maximum atomic E-state index is 8.64. The van der Waals surface area contributed by atoms with E-state index in [0.29, 0.717) is 5.69 Å². The Balaban J connectivity index is 2.88. The Morgan fingerprint density at radius 2 is 1.47 bits per heavy atom. The third kappa shape index (κ3) is 3.49. The first-order valence-corrected chi connectivity index (χ1v) is 4.53. The van der Waals surface area contributed by atoms with Crippen LogP contribution in [0, 0.1) is 13.8 Å². The van der Waals surface area contributed by atoms with Crippen LogP contribution in [0.15, 0.2) is 18.2 Å². The van der Waals surface area contributed by atoms with Gasteiger partial charge in [0.15, 0.2) is 13.6 Å². The van der Waals surface area contributed by atoms with Crippen molar-refractivity contribution < 1.29 is 19.9 Å². The molecule has 0 aliphatic rings. The number of benzene rings is 1. The molecule has 1 aromatic carbocycles. The number of anilines is 1. The molecule has 1 rings (SSSR count). The summed E-state index contributed by atoms with van der Waals surface area (Å²) in [6.45, 7) is 2.83. The average molecular weight is 213 g/mol. The highest BCUT2D eigenvalue weighted by Gasteiger charge is 2.08. The van der Waals surface area contributed by atoms with Gasteiger partial charge < -0.3 is 10.2 Å². The molecule has 0 heterocycles. The van der Waals surface area contributed by atoms with E-state index < -0.39 is 13.6 Å². The minimum atomic E-state index is -0.521. The van der Waals surface area contributed by atoms with Crippen LogP contribution < -0.4 is 5.23 Å². The number of aliphatic hydroxyl groups is 2. The van der Waals surface area contributed by atoms with Crippen LogP contribution in [0.25, 0.3) is 0 Å². The number of hydrogen-bond donors (Lipinski definition) is 2. The zero-order valence-electron chi connectivity index (χ0n) is 8.80. The second-order valence-corrected chi connectivity index (χ2v) is 3.12. The third-order valence-corrected chi connectivity index (χ3v) is 1.77. The van der Waals surface area contributed by atoms with Crippen molar-refractivity contribution in [2.75, 3.05) is 18.8 Å². The Hall–Kier alpha value is -1.14. The number of nitrogens with zero attached hydrogens (tertiary/aromatic N) is 1. The van der Waals surface area contributed by atoms with E-state index in [9.17, 15) is 0 Å². The normalized spacial score (nSPS) is 10.4. The van der Waals surface area contributed by atoms with Gasteiger partial charge in [-0.1, -0.05) is 6.07 Å². The molecule has 84 valence electrons. The fourth-order valence-corrected chi connectivity index (χ4v) is 1.35. The maximum absolute atomic E-state index is 8.64.